The summed E-state index contributed by atoms with van der Waals surface area (Å²) in [6.45, 7) is 7.72. The van der Waals surface area contributed by atoms with E-state index < -0.39 is 10.1 Å². The van der Waals surface area contributed by atoms with E-state index in [0.29, 0.717) is 6.42 Å². The van der Waals surface area contributed by atoms with Gasteiger partial charge in [-0.1, -0.05) is 84.0 Å². The summed E-state index contributed by atoms with van der Waals surface area (Å²) in [6.07, 6.45) is 19.7. The Hall–Kier alpha value is -0.210. The van der Waals surface area contributed by atoms with Gasteiger partial charge in [0, 0.05) is 6.42 Å². The minimum atomic E-state index is -3.84. The molecule has 30 heavy (non-hydrogen) atoms. The molecule has 1 aliphatic heterocycles. The molecule has 7 heteroatoms. The van der Waals surface area contributed by atoms with Gasteiger partial charge in [-0.15, -0.1) is 0 Å². The number of hydrogen-bond donors (Lipinski definition) is 1. The van der Waals surface area contributed by atoms with Crippen molar-refractivity contribution in [3.63, 3.8) is 0 Å². The van der Waals surface area contributed by atoms with Crippen LogP contribution in [-0.4, -0.2) is 68.1 Å². The van der Waals surface area contributed by atoms with Gasteiger partial charge in [0.25, 0.3) is 10.1 Å². The molecule has 0 amide bonds. The van der Waals surface area contributed by atoms with E-state index in [0.717, 1.165) is 43.9 Å². The Bertz CT molecular complexity index is 478. The van der Waals surface area contributed by atoms with Crippen LogP contribution in [-0.2, 0) is 14.9 Å². The van der Waals surface area contributed by atoms with Crippen molar-refractivity contribution in [3.05, 3.63) is 0 Å². The molecule has 0 unspecified atom stereocenters. The SMILES string of the molecule is CCCCCCCCCCCCCCCC[N+]1(CCCS(=O)(=O)O)CCOCC1.[OH-]. The van der Waals surface area contributed by atoms with Gasteiger partial charge >= 0.3 is 0 Å². The number of ether oxygens (including phenoxy) is 1. The minimum absolute atomic E-state index is 0. The van der Waals surface area contributed by atoms with Gasteiger partial charge in [-0.2, -0.15) is 8.42 Å². The smallest absolute Gasteiger partial charge is 0.265 e. The minimum Gasteiger partial charge on any atom is -0.870 e. The van der Waals surface area contributed by atoms with Crippen LogP contribution in [0, 0.1) is 0 Å². The first-order chi connectivity index (χ1) is 14.0. The van der Waals surface area contributed by atoms with Crippen LogP contribution >= 0.6 is 0 Å². The third-order valence-electron chi connectivity index (χ3n) is 6.44. The van der Waals surface area contributed by atoms with E-state index in [1.54, 1.807) is 0 Å². The number of unbranched alkanes of at least 4 members (excludes halogenated alkanes) is 13. The molecule has 0 bridgehead atoms. The Morgan fingerprint density at radius 2 is 1.10 bits per heavy atom. The number of hydrogen-bond acceptors (Lipinski definition) is 4. The van der Waals surface area contributed by atoms with Crippen molar-refractivity contribution >= 4 is 10.1 Å². The summed E-state index contributed by atoms with van der Waals surface area (Å²) in [5.41, 5.74) is 0. The van der Waals surface area contributed by atoms with E-state index >= 15 is 0 Å². The number of nitrogens with zero attached hydrogens (tertiary/aromatic N) is 1. The molecular formula is C23H49NO5S. The van der Waals surface area contributed by atoms with Crippen molar-refractivity contribution in [2.24, 2.45) is 0 Å². The highest BCUT2D eigenvalue weighted by atomic mass is 32.2. The summed E-state index contributed by atoms with van der Waals surface area (Å²) in [4.78, 5) is 0. The van der Waals surface area contributed by atoms with Gasteiger partial charge < -0.3 is 14.7 Å². The lowest BCUT2D eigenvalue weighted by atomic mass is 10.0. The average molecular weight is 452 g/mol. The highest BCUT2D eigenvalue weighted by Crippen LogP contribution is 2.17. The summed E-state index contributed by atoms with van der Waals surface area (Å²) in [6, 6.07) is 0. The second kappa shape index (κ2) is 18.4. The summed E-state index contributed by atoms with van der Waals surface area (Å²) < 4.78 is 37.5. The van der Waals surface area contributed by atoms with Gasteiger partial charge in [0.2, 0.25) is 0 Å². The summed E-state index contributed by atoms with van der Waals surface area (Å²) >= 11 is 0. The first kappa shape index (κ1) is 29.8. The van der Waals surface area contributed by atoms with Crippen LogP contribution in [0.3, 0.4) is 0 Å². The lowest BCUT2D eigenvalue weighted by Gasteiger charge is -2.41. The Morgan fingerprint density at radius 1 is 0.700 bits per heavy atom. The van der Waals surface area contributed by atoms with Crippen molar-refractivity contribution in [3.8, 4) is 0 Å². The molecule has 0 radical (unpaired) electrons. The maximum atomic E-state index is 11.0. The van der Waals surface area contributed by atoms with Gasteiger partial charge in [0.15, 0.2) is 0 Å². The van der Waals surface area contributed by atoms with Crippen LogP contribution in [0.4, 0.5) is 0 Å². The van der Waals surface area contributed by atoms with Gasteiger partial charge in [-0.05, 0) is 12.8 Å². The van der Waals surface area contributed by atoms with Crippen LogP contribution < -0.4 is 0 Å². The summed E-state index contributed by atoms with van der Waals surface area (Å²) in [5.74, 6) is -0.118. The van der Waals surface area contributed by atoms with E-state index in [1.807, 2.05) is 0 Å². The van der Waals surface area contributed by atoms with Gasteiger partial charge in [0.05, 0.1) is 32.1 Å². The molecule has 1 rings (SSSR count). The van der Waals surface area contributed by atoms with E-state index in [4.69, 9.17) is 9.29 Å². The molecule has 1 aliphatic rings. The third-order valence-corrected chi connectivity index (χ3v) is 7.25. The van der Waals surface area contributed by atoms with Crippen LogP contribution in [0.25, 0.3) is 0 Å². The first-order valence-electron chi connectivity index (χ1n) is 12.4. The fourth-order valence-electron chi connectivity index (χ4n) is 4.51. The molecule has 0 aromatic heterocycles. The van der Waals surface area contributed by atoms with Gasteiger partial charge in [-0.3, -0.25) is 4.55 Å². The molecule has 2 N–H and O–H groups in total. The highest BCUT2D eigenvalue weighted by Gasteiger charge is 2.29. The zero-order valence-electron chi connectivity index (χ0n) is 19.5. The monoisotopic (exact) mass is 451 g/mol. The zero-order chi connectivity index (χ0) is 21.3. The van der Waals surface area contributed by atoms with Crippen molar-refractivity contribution in [1.82, 2.24) is 0 Å². The lowest BCUT2D eigenvalue weighted by molar-refractivity contribution is -0.935. The predicted molar refractivity (Wildman–Crippen MR) is 124 cm³/mol. The standard InChI is InChI=1S/C23H47NO4S.H2O/c1-2-3-4-5-6-7-8-9-10-11-12-13-14-15-17-24(19-21-28-22-20-24)18-16-23-29(25,26)27;/h2-23H2,1H3;1H2. The number of quaternary nitrogens is 1. The van der Waals surface area contributed by atoms with Gasteiger partial charge in [-0.25, -0.2) is 0 Å². The molecule has 0 aliphatic carbocycles. The second-order valence-corrected chi connectivity index (χ2v) is 10.7. The average Bonchev–Trinajstić information content (AvgIpc) is 2.68. The Morgan fingerprint density at radius 3 is 1.53 bits per heavy atom. The van der Waals surface area contributed by atoms with E-state index in [9.17, 15) is 8.42 Å². The molecule has 6 nitrogen and oxygen atoms in total. The van der Waals surface area contributed by atoms with Crippen molar-refractivity contribution < 1.29 is 27.7 Å². The van der Waals surface area contributed by atoms with Crippen LogP contribution in [0.2, 0.25) is 0 Å². The predicted octanol–water partition coefficient (Wildman–Crippen LogP) is 5.42. The third kappa shape index (κ3) is 16.5. The Kier molecular flexibility index (Phi) is 18.2. The number of morpholine rings is 1. The molecule has 0 aromatic carbocycles. The molecule has 1 heterocycles. The lowest BCUT2D eigenvalue weighted by Crippen LogP contribution is -2.56. The van der Waals surface area contributed by atoms with Crippen molar-refractivity contribution in [2.75, 3.05) is 45.1 Å². The van der Waals surface area contributed by atoms with Crippen molar-refractivity contribution in [1.29, 1.82) is 0 Å². The molecule has 0 aromatic rings. The van der Waals surface area contributed by atoms with Crippen LogP contribution in [0.1, 0.15) is 103 Å². The first-order valence-corrected chi connectivity index (χ1v) is 14.0. The van der Waals surface area contributed by atoms with Crippen LogP contribution in [0.5, 0.6) is 0 Å². The summed E-state index contributed by atoms with van der Waals surface area (Å²) in [5, 5.41) is 0. The molecule has 1 fully saturated rings. The molecule has 182 valence electrons. The van der Waals surface area contributed by atoms with Crippen molar-refractivity contribution in [2.45, 2.75) is 103 Å². The number of rotatable bonds is 19. The fourth-order valence-corrected chi connectivity index (χ4v) is 5.01. The molecule has 0 saturated carbocycles. The molecule has 1 saturated heterocycles. The quantitative estimate of drug-likeness (QED) is 0.161. The largest absolute Gasteiger partial charge is 0.870 e. The van der Waals surface area contributed by atoms with E-state index in [-0.39, 0.29) is 11.2 Å². The molecular weight excluding hydrogens is 402 g/mol. The zero-order valence-corrected chi connectivity index (χ0v) is 20.3. The topological polar surface area (TPSA) is 93.6 Å². The normalized spacial score (nSPS) is 16.3. The Balaban J connectivity index is 0.00000841. The highest BCUT2D eigenvalue weighted by molar-refractivity contribution is 7.85. The van der Waals surface area contributed by atoms with E-state index in [2.05, 4.69) is 6.92 Å². The maximum absolute atomic E-state index is 11.0. The second-order valence-electron chi connectivity index (χ2n) is 9.08. The van der Waals surface area contributed by atoms with Crippen LogP contribution in [0.15, 0.2) is 0 Å². The molecule has 0 spiro atoms. The fraction of sp³-hybridized carbons (Fsp3) is 1.00. The maximum Gasteiger partial charge on any atom is 0.265 e. The van der Waals surface area contributed by atoms with Gasteiger partial charge in [0.1, 0.15) is 13.1 Å². The van der Waals surface area contributed by atoms with E-state index in [1.165, 1.54) is 89.9 Å². The Labute approximate surface area is 186 Å². The summed E-state index contributed by atoms with van der Waals surface area (Å²) in [7, 11) is -3.84. The molecule has 0 atom stereocenters.